The number of likely N-dealkylation sites (N-methyl/N-ethyl adjacent to an activating group) is 1. The molecule has 0 unspecified atom stereocenters. The normalized spacial score (nSPS) is 22.4. The molecule has 0 bridgehead atoms. The van der Waals surface area contributed by atoms with Gasteiger partial charge in [-0.25, -0.2) is 0 Å². The summed E-state index contributed by atoms with van der Waals surface area (Å²) >= 11 is 0. The van der Waals surface area contributed by atoms with Crippen LogP contribution in [0.3, 0.4) is 0 Å². The average molecular weight is 158 g/mol. The molecule has 2 nitrogen and oxygen atoms in total. The maximum Gasteiger partial charge on any atom is 0.102 e. The van der Waals surface area contributed by atoms with Crippen molar-refractivity contribution >= 4 is 0 Å². The van der Waals surface area contributed by atoms with E-state index in [0.29, 0.717) is 0 Å². The van der Waals surface area contributed by atoms with Crippen LogP contribution in [0.1, 0.15) is 19.8 Å². The van der Waals surface area contributed by atoms with Crippen LogP contribution in [0.2, 0.25) is 0 Å². The van der Waals surface area contributed by atoms with Crippen LogP contribution in [0.5, 0.6) is 0 Å². The van der Waals surface area contributed by atoms with Crippen LogP contribution < -0.4 is 0 Å². The topological polar surface area (TPSA) is 9.23 Å². The van der Waals surface area contributed by atoms with Gasteiger partial charge in [0.05, 0.1) is 26.7 Å². The van der Waals surface area contributed by atoms with Gasteiger partial charge in [0.25, 0.3) is 0 Å². The molecule has 1 heterocycles. The summed E-state index contributed by atoms with van der Waals surface area (Å²) in [5.74, 6) is 0. The van der Waals surface area contributed by atoms with Crippen LogP contribution in [0.25, 0.3) is 0 Å². The first-order valence-electron chi connectivity index (χ1n) is 4.68. The molecule has 0 aromatic carbocycles. The van der Waals surface area contributed by atoms with E-state index in [1.807, 2.05) is 0 Å². The molecule has 0 amide bonds. The van der Waals surface area contributed by atoms with Gasteiger partial charge >= 0.3 is 0 Å². The van der Waals surface area contributed by atoms with E-state index in [-0.39, 0.29) is 0 Å². The van der Waals surface area contributed by atoms with Gasteiger partial charge in [-0.15, -0.1) is 0 Å². The quantitative estimate of drug-likeness (QED) is 0.442. The Balaban J connectivity index is 2.13. The maximum absolute atomic E-state index is 5.35. The Hall–Kier alpha value is -0.0800. The third-order valence-electron chi connectivity index (χ3n) is 2.63. The molecule has 1 rings (SSSR count). The summed E-state index contributed by atoms with van der Waals surface area (Å²) in [6.45, 7) is 7.77. The average Bonchev–Trinajstić information content (AvgIpc) is 2.38. The van der Waals surface area contributed by atoms with Gasteiger partial charge in [-0.2, -0.15) is 0 Å². The zero-order chi connectivity index (χ0) is 8.16. The highest BCUT2D eigenvalue weighted by molar-refractivity contribution is 4.51. The van der Waals surface area contributed by atoms with Gasteiger partial charge < -0.3 is 9.22 Å². The molecule has 0 N–H and O–H groups in total. The Bertz CT molecular complexity index is 108. The Labute approximate surface area is 69.7 Å². The van der Waals surface area contributed by atoms with Crippen molar-refractivity contribution in [2.45, 2.75) is 19.8 Å². The predicted octanol–water partition coefficient (Wildman–Crippen LogP) is 1.26. The maximum atomic E-state index is 5.35. The van der Waals surface area contributed by atoms with Crippen LogP contribution in [-0.2, 0) is 4.74 Å². The van der Waals surface area contributed by atoms with Gasteiger partial charge in [-0.3, -0.25) is 0 Å². The predicted molar refractivity (Wildman–Crippen MR) is 46.5 cm³/mol. The van der Waals surface area contributed by atoms with E-state index in [1.165, 1.54) is 37.0 Å². The second-order valence-electron chi connectivity index (χ2n) is 3.69. The van der Waals surface area contributed by atoms with Gasteiger partial charge in [-0.1, -0.05) is 0 Å². The third kappa shape index (κ3) is 2.80. The molecule has 1 saturated heterocycles. The molecule has 0 aliphatic carbocycles. The molecule has 0 aromatic rings. The lowest BCUT2D eigenvalue weighted by molar-refractivity contribution is -0.898. The molecule has 1 aliphatic heterocycles. The van der Waals surface area contributed by atoms with Crippen LogP contribution in [0, 0.1) is 0 Å². The summed E-state index contributed by atoms with van der Waals surface area (Å²) in [7, 11) is 2.34. The molecule has 66 valence electrons. The fourth-order valence-electron chi connectivity index (χ4n) is 1.75. The van der Waals surface area contributed by atoms with Crippen molar-refractivity contribution in [1.29, 1.82) is 0 Å². The van der Waals surface area contributed by atoms with Gasteiger partial charge in [0.1, 0.15) is 6.54 Å². The SMILES string of the molecule is CCOCC[N+]1(C)CCCC1. The lowest BCUT2D eigenvalue weighted by Gasteiger charge is -2.28. The lowest BCUT2D eigenvalue weighted by Crippen LogP contribution is -2.43. The molecule has 0 radical (unpaired) electrons. The monoisotopic (exact) mass is 158 g/mol. The Morgan fingerprint density at radius 3 is 2.45 bits per heavy atom. The second-order valence-corrected chi connectivity index (χ2v) is 3.69. The minimum absolute atomic E-state index is 0.861. The molecule has 0 saturated carbocycles. The highest BCUT2D eigenvalue weighted by Crippen LogP contribution is 2.15. The Morgan fingerprint density at radius 1 is 1.27 bits per heavy atom. The number of ether oxygens (including phenoxy) is 1. The van der Waals surface area contributed by atoms with Crippen LogP contribution >= 0.6 is 0 Å². The van der Waals surface area contributed by atoms with Gasteiger partial charge in [0.2, 0.25) is 0 Å². The van der Waals surface area contributed by atoms with E-state index < -0.39 is 0 Å². The lowest BCUT2D eigenvalue weighted by atomic mass is 10.4. The summed E-state index contributed by atoms with van der Waals surface area (Å²) < 4.78 is 6.58. The van der Waals surface area contributed by atoms with Crippen LogP contribution in [0.15, 0.2) is 0 Å². The summed E-state index contributed by atoms with van der Waals surface area (Å²) in [6.07, 6.45) is 2.81. The number of hydrogen-bond donors (Lipinski definition) is 0. The fourth-order valence-corrected chi connectivity index (χ4v) is 1.75. The number of rotatable bonds is 4. The summed E-state index contributed by atoms with van der Waals surface area (Å²) in [5, 5.41) is 0. The van der Waals surface area contributed by atoms with Crippen molar-refractivity contribution in [2.75, 3.05) is 39.9 Å². The summed E-state index contributed by atoms with van der Waals surface area (Å²) in [4.78, 5) is 0. The zero-order valence-electron chi connectivity index (χ0n) is 7.81. The van der Waals surface area contributed by atoms with Crippen molar-refractivity contribution in [2.24, 2.45) is 0 Å². The molecule has 0 aromatic heterocycles. The van der Waals surface area contributed by atoms with E-state index in [2.05, 4.69) is 14.0 Å². The standard InChI is InChI=1S/C9H20NO/c1-3-11-9-8-10(2)6-4-5-7-10/h3-9H2,1-2H3/q+1. The summed E-state index contributed by atoms with van der Waals surface area (Å²) in [6, 6.07) is 0. The molecular formula is C9H20NO+. The minimum Gasteiger partial charge on any atom is -0.376 e. The highest BCUT2D eigenvalue weighted by Gasteiger charge is 2.25. The van der Waals surface area contributed by atoms with Crippen molar-refractivity contribution in [3.63, 3.8) is 0 Å². The highest BCUT2D eigenvalue weighted by atomic mass is 16.5. The number of hydrogen-bond acceptors (Lipinski definition) is 1. The first kappa shape index (κ1) is 9.01. The van der Waals surface area contributed by atoms with Crippen LogP contribution in [-0.4, -0.2) is 44.4 Å². The van der Waals surface area contributed by atoms with Gasteiger partial charge in [0.15, 0.2) is 0 Å². The number of quaternary nitrogens is 1. The van der Waals surface area contributed by atoms with E-state index >= 15 is 0 Å². The largest absolute Gasteiger partial charge is 0.376 e. The molecule has 0 atom stereocenters. The molecule has 11 heavy (non-hydrogen) atoms. The summed E-state index contributed by atoms with van der Waals surface area (Å²) in [5.41, 5.74) is 0. The molecule has 1 fully saturated rings. The van der Waals surface area contributed by atoms with Crippen LogP contribution in [0.4, 0.5) is 0 Å². The molecule has 1 aliphatic rings. The molecular weight excluding hydrogens is 138 g/mol. The molecule has 2 heteroatoms. The first-order chi connectivity index (χ1) is 5.27. The van der Waals surface area contributed by atoms with Gasteiger partial charge in [-0.05, 0) is 6.92 Å². The van der Waals surface area contributed by atoms with E-state index in [9.17, 15) is 0 Å². The van der Waals surface area contributed by atoms with E-state index in [4.69, 9.17) is 4.74 Å². The Kier molecular flexibility index (Phi) is 3.34. The van der Waals surface area contributed by atoms with Crippen molar-refractivity contribution in [3.05, 3.63) is 0 Å². The van der Waals surface area contributed by atoms with Crippen molar-refractivity contribution in [1.82, 2.24) is 0 Å². The van der Waals surface area contributed by atoms with Crippen molar-refractivity contribution < 1.29 is 9.22 Å². The van der Waals surface area contributed by atoms with Crippen molar-refractivity contribution in [3.8, 4) is 0 Å². The zero-order valence-corrected chi connectivity index (χ0v) is 7.81. The first-order valence-corrected chi connectivity index (χ1v) is 4.68. The van der Waals surface area contributed by atoms with E-state index in [0.717, 1.165) is 13.2 Å². The number of nitrogens with zero attached hydrogens (tertiary/aromatic N) is 1. The van der Waals surface area contributed by atoms with Gasteiger partial charge in [0, 0.05) is 19.4 Å². The fraction of sp³-hybridized carbons (Fsp3) is 1.00. The minimum atomic E-state index is 0.861. The third-order valence-corrected chi connectivity index (χ3v) is 2.63. The molecule has 0 spiro atoms. The Morgan fingerprint density at radius 2 is 1.91 bits per heavy atom. The second kappa shape index (κ2) is 4.07. The number of likely N-dealkylation sites (tertiary alicyclic amines) is 1. The van der Waals surface area contributed by atoms with E-state index in [1.54, 1.807) is 0 Å². The smallest absolute Gasteiger partial charge is 0.102 e.